The molecule has 1 unspecified atom stereocenters. The van der Waals surface area contributed by atoms with E-state index in [-0.39, 0.29) is 6.04 Å². The zero-order valence-corrected chi connectivity index (χ0v) is 38.4. The zero-order chi connectivity index (χ0) is 46.6. The summed E-state index contributed by atoms with van der Waals surface area (Å²) in [4.78, 5) is 16.5. The van der Waals surface area contributed by atoms with Gasteiger partial charge in [-0.2, -0.15) is 0 Å². The molecule has 1 atom stereocenters. The number of nitrogens with zero attached hydrogens (tertiary/aromatic N) is 5. The van der Waals surface area contributed by atoms with Crippen LogP contribution in [0.25, 0.3) is 121 Å². The molecule has 4 aromatic heterocycles. The molecule has 0 aliphatic heterocycles. The molecule has 0 radical (unpaired) electrons. The van der Waals surface area contributed by atoms with Gasteiger partial charge in [0.05, 0.1) is 28.1 Å². The van der Waals surface area contributed by atoms with Gasteiger partial charge in [-0.1, -0.05) is 182 Å². The molecule has 0 bridgehead atoms. The quantitative estimate of drug-likeness (QED) is 0.167. The number of rotatable bonds is 6. The van der Waals surface area contributed by atoms with Crippen molar-refractivity contribution in [3.63, 3.8) is 0 Å². The third-order valence-electron chi connectivity index (χ3n) is 14.7. The van der Waals surface area contributed by atoms with E-state index in [1.54, 1.807) is 0 Å². The number of hydrogen-bond acceptors (Lipinski definition) is 4. The van der Waals surface area contributed by atoms with Gasteiger partial charge in [0.2, 0.25) is 0 Å². The Kier molecular flexibility index (Phi) is 8.68. The maximum absolute atomic E-state index is 7.19. The number of furan rings is 1. The number of fused-ring (bicyclic) bond motifs is 12. The highest BCUT2D eigenvalue weighted by Crippen LogP contribution is 2.48. The third-order valence-corrected chi connectivity index (χ3v) is 14.7. The minimum atomic E-state index is -0.174. The van der Waals surface area contributed by atoms with Crippen molar-refractivity contribution in [1.82, 2.24) is 24.1 Å². The molecule has 1 aliphatic rings. The lowest BCUT2D eigenvalue weighted by Crippen LogP contribution is -2.15. The highest BCUT2D eigenvalue weighted by Gasteiger charge is 2.34. The van der Waals surface area contributed by atoms with Crippen LogP contribution in [0.5, 0.6) is 0 Å². The van der Waals surface area contributed by atoms with Crippen LogP contribution in [0.4, 0.5) is 0 Å². The molecule has 14 aromatic rings. The molecule has 0 amide bonds. The van der Waals surface area contributed by atoms with Gasteiger partial charge in [0, 0.05) is 60.3 Å². The van der Waals surface area contributed by atoms with Gasteiger partial charge >= 0.3 is 0 Å². The van der Waals surface area contributed by atoms with Crippen molar-refractivity contribution >= 4 is 81.7 Å². The van der Waals surface area contributed by atoms with Crippen molar-refractivity contribution in [2.24, 2.45) is 0 Å². The smallest absolute Gasteiger partial charge is 0.166 e. The average Bonchev–Trinajstić information content (AvgIpc) is 4.11. The van der Waals surface area contributed by atoms with Crippen LogP contribution in [0.1, 0.15) is 29.6 Å². The summed E-state index contributed by atoms with van der Waals surface area (Å²) in [7, 11) is 0. The van der Waals surface area contributed by atoms with Crippen LogP contribution in [0, 0.1) is 0 Å². The fourth-order valence-corrected chi connectivity index (χ4v) is 11.5. The molecule has 0 spiro atoms. The normalized spacial score (nSPS) is 13.8. The Morgan fingerprint density at radius 2 is 1.04 bits per heavy atom. The van der Waals surface area contributed by atoms with Crippen LogP contribution in [0.2, 0.25) is 0 Å². The predicted molar refractivity (Wildman–Crippen MR) is 291 cm³/mol. The highest BCUT2D eigenvalue weighted by atomic mass is 16.3. The second kappa shape index (κ2) is 15.6. The maximum atomic E-state index is 7.19. The molecule has 1 aliphatic carbocycles. The third kappa shape index (κ3) is 6.11. The van der Waals surface area contributed by atoms with E-state index < -0.39 is 0 Å². The number of para-hydroxylation sites is 4. The second-order valence-electron chi connectivity index (χ2n) is 18.6. The fourth-order valence-electron chi connectivity index (χ4n) is 11.5. The van der Waals surface area contributed by atoms with Crippen molar-refractivity contribution in [2.45, 2.75) is 12.5 Å². The van der Waals surface area contributed by atoms with E-state index in [1.165, 1.54) is 48.7 Å². The number of hydrogen-bond donors (Lipinski definition) is 0. The first-order valence-electron chi connectivity index (χ1n) is 24.3. The van der Waals surface area contributed by atoms with E-state index in [9.17, 15) is 0 Å². The lowest BCUT2D eigenvalue weighted by molar-refractivity contribution is 0.460. The van der Waals surface area contributed by atoms with E-state index in [2.05, 4.69) is 240 Å². The number of aromatic nitrogens is 5. The van der Waals surface area contributed by atoms with Crippen LogP contribution in [0.15, 0.2) is 235 Å². The molecular formula is C65H41N5O. The van der Waals surface area contributed by atoms with Crippen LogP contribution in [0.3, 0.4) is 0 Å². The monoisotopic (exact) mass is 907 g/mol. The summed E-state index contributed by atoms with van der Waals surface area (Å²) in [6.07, 6.45) is 3.00. The molecule has 4 heterocycles. The molecule has 332 valence electrons. The first-order valence-corrected chi connectivity index (χ1v) is 24.3. The van der Waals surface area contributed by atoms with Crippen LogP contribution >= 0.6 is 0 Å². The Balaban J connectivity index is 0.998. The van der Waals surface area contributed by atoms with Gasteiger partial charge in [-0.15, -0.1) is 0 Å². The van der Waals surface area contributed by atoms with Crippen molar-refractivity contribution in [1.29, 1.82) is 0 Å². The first-order chi connectivity index (χ1) is 35.2. The number of allylic oxidation sites excluding steroid dienone is 1. The summed E-state index contributed by atoms with van der Waals surface area (Å²) in [6, 6.07) is 79.7. The van der Waals surface area contributed by atoms with E-state index in [4.69, 9.17) is 19.4 Å². The van der Waals surface area contributed by atoms with Crippen molar-refractivity contribution in [2.75, 3.05) is 0 Å². The Morgan fingerprint density at radius 3 is 1.90 bits per heavy atom. The molecule has 0 saturated heterocycles. The van der Waals surface area contributed by atoms with Crippen molar-refractivity contribution in [3.8, 4) is 39.6 Å². The molecular weight excluding hydrogens is 867 g/mol. The summed E-state index contributed by atoms with van der Waals surface area (Å²) in [5, 5.41) is 10.6. The largest absolute Gasteiger partial charge is 0.458 e. The van der Waals surface area contributed by atoms with Gasteiger partial charge in [-0.25, -0.2) is 15.0 Å². The van der Waals surface area contributed by atoms with E-state index in [0.717, 1.165) is 72.2 Å². The molecule has 10 aromatic carbocycles. The van der Waals surface area contributed by atoms with Crippen LogP contribution in [-0.4, -0.2) is 24.1 Å². The summed E-state index contributed by atoms with van der Waals surface area (Å²) in [5.41, 5.74) is 12.4. The van der Waals surface area contributed by atoms with Gasteiger partial charge in [0.15, 0.2) is 17.5 Å². The van der Waals surface area contributed by atoms with Gasteiger partial charge < -0.3 is 13.6 Å². The molecule has 0 fully saturated rings. The fraction of sp³-hybridized carbons (Fsp3) is 0.0308. The Bertz CT molecular complexity index is 4500. The van der Waals surface area contributed by atoms with E-state index >= 15 is 0 Å². The second-order valence-corrected chi connectivity index (χ2v) is 18.6. The lowest BCUT2D eigenvalue weighted by atomic mass is 9.90. The summed E-state index contributed by atoms with van der Waals surface area (Å²) in [5.74, 6) is 2.68. The van der Waals surface area contributed by atoms with Crippen LogP contribution in [-0.2, 0) is 0 Å². The van der Waals surface area contributed by atoms with Crippen molar-refractivity contribution < 1.29 is 4.42 Å². The maximum Gasteiger partial charge on any atom is 0.166 e. The summed E-state index contributed by atoms with van der Waals surface area (Å²) < 4.78 is 12.1. The lowest BCUT2D eigenvalue weighted by Gasteiger charge is -2.25. The molecule has 71 heavy (non-hydrogen) atoms. The minimum Gasteiger partial charge on any atom is -0.458 e. The molecule has 0 N–H and O–H groups in total. The topological polar surface area (TPSA) is 61.7 Å². The SMILES string of the molecule is C1=C(c2nc(-c3cccc(-c4ccccc4)c3)nc(-c3cccc4c5ccccc5n(-c5ccccc5)c34)n2)c2c(oc3ccccc23)C(n2c3cc4ccccc4cc3c3ccc4ccccc4c32)C1. The summed E-state index contributed by atoms with van der Waals surface area (Å²) in [6.45, 7) is 0. The average molecular weight is 908 g/mol. The van der Waals surface area contributed by atoms with Gasteiger partial charge in [-0.3, -0.25) is 0 Å². The van der Waals surface area contributed by atoms with E-state index in [0.29, 0.717) is 23.9 Å². The van der Waals surface area contributed by atoms with Gasteiger partial charge in [-0.05, 0) is 82.2 Å². The predicted octanol–water partition coefficient (Wildman–Crippen LogP) is 16.6. The van der Waals surface area contributed by atoms with E-state index in [1.807, 2.05) is 0 Å². The van der Waals surface area contributed by atoms with Crippen LogP contribution < -0.4 is 0 Å². The standard InChI is InChI=1S/C65H41N5O/c1-3-17-40(18-4-1)42-22-15-23-45(37-42)63-66-64(68-65(67-63)53-30-16-29-49-48-27-11-13-31-55(48)69(61(49)53)46-24-5-2-6-25-46)52-35-36-56(62-59(52)51-28-12-14-32-58(51)71-62)70-57-39-44-21-8-7-20-43(44)38-54(57)50-34-33-41-19-9-10-26-47(41)60(50)70/h1-35,37-39,56H,36H2. The van der Waals surface area contributed by atoms with Gasteiger partial charge in [0.25, 0.3) is 0 Å². The molecule has 0 saturated carbocycles. The Hall–Kier alpha value is -9.39. The highest BCUT2D eigenvalue weighted by molar-refractivity contribution is 6.20. The Labute approximate surface area is 408 Å². The first kappa shape index (κ1) is 39.6. The van der Waals surface area contributed by atoms with Crippen molar-refractivity contribution in [3.05, 3.63) is 248 Å². The molecule has 6 nitrogen and oxygen atoms in total. The summed E-state index contributed by atoms with van der Waals surface area (Å²) >= 11 is 0. The van der Waals surface area contributed by atoms with Gasteiger partial charge in [0.1, 0.15) is 11.3 Å². The number of benzene rings is 10. The minimum absolute atomic E-state index is 0.174. The zero-order valence-electron chi connectivity index (χ0n) is 38.4. The molecule has 15 rings (SSSR count). The Morgan fingerprint density at radius 1 is 0.408 bits per heavy atom. The molecule has 6 heteroatoms.